The standard InChI is InChI=1S/C18H34O6Si.Li/c1-16(2,3)25(8,9)24-14-11-12(19)10-13-15(14)23-18(5,21-7)17(4,20-6)22-13;/h11,13-15,19H,10H2,1-9H3;/q;+1/p-1/t13-,14-,15+,17+,18+;/m1./s1. The molecule has 0 aromatic carbocycles. The summed E-state index contributed by atoms with van der Waals surface area (Å²) in [6.07, 6.45) is 0.584. The molecule has 2 aliphatic rings. The fraction of sp³-hybridized carbons (Fsp3) is 0.889. The van der Waals surface area contributed by atoms with E-state index in [1.54, 1.807) is 34.1 Å². The number of hydrogen-bond donors (Lipinski definition) is 0. The summed E-state index contributed by atoms with van der Waals surface area (Å²) in [6.45, 7) is 14.4. The van der Waals surface area contributed by atoms with Crippen LogP contribution in [-0.4, -0.2) is 52.4 Å². The molecule has 8 heteroatoms. The summed E-state index contributed by atoms with van der Waals surface area (Å²) < 4.78 is 30.1. The second-order valence-electron chi connectivity index (χ2n) is 8.72. The molecule has 0 saturated carbocycles. The Balaban J connectivity index is 0.00000338. The molecule has 6 nitrogen and oxygen atoms in total. The monoisotopic (exact) mass is 380 g/mol. The molecule has 1 heterocycles. The SMILES string of the molecule is CO[C@@]1(C)O[C@@H]2[C@H](O[Si](C)(C)C(C)(C)C)C=C([O-])C[C@H]2O[C@]1(C)OC.[Li+]. The van der Waals surface area contributed by atoms with Crippen LogP contribution in [0.2, 0.25) is 18.1 Å². The minimum absolute atomic E-state index is 0. The van der Waals surface area contributed by atoms with E-state index in [2.05, 4.69) is 33.9 Å². The zero-order valence-corrected chi connectivity index (χ0v) is 19.0. The van der Waals surface area contributed by atoms with Gasteiger partial charge in [0.1, 0.15) is 6.10 Å². The molecule has 0 aromatic heterocycles. The van der Waals surface area contributed by atoms with Gasteiger partial charge in [-0.15, -0.1) is 5.76 Å². The maximum absolute atomic E-state index is 12.3. The van der Waals surface area contributed by atoms with Crippen molar-refractivity contribution in [1.82, 2.24) is 0 Å². The van der Waals surface area contributed by atoms with Crippen LogP contribution in [0.25, 0.3) is 0 Å². The minimum Gasteiger partial charge on any atom is -0.876 e. The van der Waals surface area contributed by atoms with Crippen molar-refractivity contribution in [1.29, 1.82) is 0 Å². The van der Waals surface area contributed by atoms with Crippen LogP contribution in [0.3, 0.4) is 0 Å². The van der Waals surface area contributed by atoms with Gasteiger partial charge < -0.3 is 28.5 Å². The van der Waals surface area contributed by atoms with Gasteiger partial charge >= 0.3 is 18.9 Å². The van der Waals surface area contributed by atoms with Gasteiger partial charge in [-0.3, -0.25) is 0 Å². The first-order valence-electron chi connectivity index (χ1n) is 8.80. The maximum Gasteiger partial charge on any atom is 1.00 e. The summed E-state index contributed by atoms with van der Waals surface area (Å²) in [5.41, 5.74) is 0. The fourth-order valence-electron chi connectivity index (χ4n) is 2.97. The quantitative estimate of drug-likeness (QED) is 0.615. The summed E-state index contributed by atoms with van der Waals surface area (Å²) in [5, 5.41) is 12.3. The molecule has 0 aromatic rings. The second kappa shape index (κ2) is 7.88. The Labute approximate surface area is 170 Å². The van der Waals surface area contributed by atoms with Crippen LogP contribution in [0.1, 0.15) is 41.0 Å². The van der Waals surface area contributed by atoms with Crippen LogP contribution >= 0.6 is 0 Å². The number of ether oxygens (including phenoxy) is 4. The molecule has 26 heavy (non-hydrogen) atoms. The molecule has 1 fully saturated rings. The number of methoxy groups -OCH3 is 2. The van der Waals surface area contributed by atoms with Gasteiger partial charge in [0.05, 0.1) is 12.2 Å². The van der Waals surface area contributed by atoms with E-state index in [1.165, 1.54) is 0 Å². The van der Waals surface area contributed by atoms with Gasteiger partial charge in [0.25, 0.3) is 0 Å². The Hall–Kier alpha value is 0.154. The van der Waals surface area contributed by atoms with Gasteiger partial charge in [-0.25, -0.2) is 0 Å². The van der Waals surface area contributed by atoms with Gasteiger partial charge in [-0.05, 0) is 38.4 Å². The van der Waals surface area contributed by atoms with Crippen LogP contribution in [0, 0.1) is 0 Å². The van der Waals surface area contributed by atoms with Gasteiger partial charge in [-0.2, -0.15) is 0 Å². The molecule has 2 rings (SSSR count). The van der Waals surface area contributed by atoms with E-state index in [9.17, 15) is 5.11 Å². The Morgan fingerprint density at radius 2 is 1.62 bits per heavy atom. The molecule has 0 unspecified atom stereocenters. The van der Waals surface area contributed by atoms with Crippen LogP contribution in [-0.2, 0) is 23.4 Å². The van der Waals surface area contributed by atoms with Crippen molar-refractivity contribution >= 4 is 8.32 Å². The van der Waals surface area contributed by atoms with Gasteiger partial charge in [0.2, 0.25) is 11.6 Å². The number of hydrogen-bond acceptors (Lipinski definition) is 6. The predicted octanol–water partition coefficient (Wildman–Crippen LogP) is -0.462. The van der Waals surface area contributed by atoms with E-state index in [-0.39, 0.29) is 36.1 Å². The minimum atomic E-state index is -2.09. The second-order valence-corrected chi connectivity index (χ2v) is 13.5. The Morgan fingerprint density at radius 3 is 2.08 bits per heavy atom. The van der Waals surface area contributed by atoms with Crippen molar-refractivity contribution in [2.24, 2.45) is 0 Å². The third-order valence-electron chi connectivity index (χ3n) is 6.02. The Morgan fingerprint density at radius 1 is 1.12 bits per heavy atom. The van der Waals surface area contributed by atoms with Crippen molar-refractivity contribution < 1.29 is 47.3 Å². The van der Waals surface area contributed by atoms with Crippen molar-refractivity contribution in [3.8, 4) is 0 Å². The zero-order valence-electron chi connectivity index (χ0n) is 18.0. The smallest absolute Gasteiger partial charge is 0.876 e. The molecule has 0 radical (unpaired) electrons. The summed E-state index contributed by atoms with van der Waals surface area (Å²) in [7, 11) is 1.01. The first kappa shape index (κ1) is 24.2. The topological polar surface area (TPSA) is 69.2 Å². The predicted molar refractivity (Wildman–Crippen MR) is 95.3 cm³/mol. The van der Waals surface area contributed by atoms with E-state index < -0.39 is 38.2 Å². The molecule has 1 aliphatic carbocycles. The van der Waals surface area contributed by atoms with Crippen LogP contribution in [0.5, 0.6) is 0 Å². The molecular formula is C18H33LiO6Si. The molecule has 0 spiro atoms. The molecule has 146 valence electrons. The van der Waals surface area contributed by atoms with E-state index in [4.69, 9.17) is 23.4 Å². The fourth-order valence-corrected chi connectivity index (χ4v) is 4.21. The molecule has 1 aliphatic heterocycles. The number of fused-ring (bicyclic) bond motifs is 1. The Bertz CT molecular complexity index is 534. The summed E-state index contributed by atoms with van der Waals surface area (Å²) in [4.78, 5) is 0. The molecule has 0 amide bonds. The van der Waals surface area contributed by atoms with E-state index in [0.29, 0.717) is 0 Å². The third-order valence-corrected chi connectivity index (χ3v) is 10.5. The van der Waals surface area contributed by atoms with Crippen LogP contribution in [0.4, 0.5) is 0 Å². The molecule has 1 saturated heterocycles. The maximum atomic E-state index is 12.3. The van der Waals surface area contributed by atoms with Gasteiger partial charge in [0, 0.05) is 14.2 Å². The van der Waals surface area contributed by atoms with E-state index >= 15 is 0 Å². The first-order chi connectivity index (χ1) is 11.3. The summed E-state index contributed by atoms with van der Waals surface area (Å²) >= 11 is 0. The van der Waals surface area contributed by atoms with Gasteiger partial charge in [-0.1, -0.05) is 26.8 Å². The molecule has 0 N–H and O–H groups in total. The average Bonchev–Trinajstić information content (AvgIpc) is 2.47. The van der Waals surface area contributed by atoms with Crippen molar-refractivity contribution in [2.75, 3.05) is 14.2 Å². The van der Waals surface area contributed by atoms with Crippen molar-refractivity contribution in [3.05, 3.63) is 11.8 Å². The summed E-state index contributed by atoms with van der Waals surface area (Å²) in [6, 6.07) is 0. The average molecular weight is 380 g/mol. The van der Waals surface area contributed by atoms with Crippen LogP contribution < -0.4 is 24.0 Å². The van der Waals surface area contributed by atoms with Crippen LogP contribution in [0.15, 0.2) is 11.8 Å². The van der Waals surface area contributed by atoms with E-state index in [1.807, 2.05) is 0 Å². The first-order valence-corrected chi connectivity index (χ1v) is 11.7. The largest absolute Gasteiger partial charge is 1.00 e. The van der Waals surface area contributed by atoms with Gasteiger partial charge in [0.15, 0.2) is 8.32 Å². The van der Waals surface area contributed by atoms with Crippen molar-refractivity contribution in [2.45, 2.75) is 89.1 Å². The number of rotatable bonds is 4. The Kier molecular flexibility index (Phi) is 7.33. The zero-order chi connectivity index (χ0) is 19.3. The molecular weight excluding hydrogens is 347 g/mol. The molecule has 0 bridgehead atoms. The molecule has 5 atom stereocenters. The summed E-state index contributed by atoms with van der Waals surface area (Å²) in [5.74, 6) is -2.21. The van der Waals surface area contributed by atoms with Crippen molar-refractivity contribution in [3.63, 3.8) is 0 Å². The normalized spacial score (nSPS) is 38.2. The third kappa shape index (κ3) is 4.26. The van der Waals surface area contributed by atoms with E-state index in [0.717, 1.165) is 0 Å².